The Morgan fingerprint density at radius 1 is 1.43 bits per heavy atom. The third kappa shape index (κ3) is 1.42. The molecule has 0 aliphatic carbocycles. The summed E-state index contributed by atoms with van der Waals surface area (Å²) in [5.74, 6) is -0.386. The van der Waals surface area contributed by atoms with Gasteiger partial charge in [-0.25, -0.2) is 4.79 Å². The SMILES string of the molecule is COC(=O)c1cnc2ccncc2c1. The minimum Gasteiger partial charge on any atom is -0.465 e. The molecule has 0 spiro atoms. The van der Waals surface area contributed by atoms with Crippen molar-refractivity contribution in [3.8, 4) is 0 Å². The van der Waals surface area contributed by atoms with Gasteiger partial charge in [0, 0.05) is 24.0 Å². The van der Waals surface area contributed by atoms with E-state index in [-0.39, 0.29) is 5.97 Å². The Balaban J connectivity index is 2.56. The minimum atomic E-state index is -0.386. The summed E-state index contributed by atoms with van der Waals surface area (Å²) in [6.45, 7) is 0. The monoisotopic (exact) mass is 188 g/mol. The first-order valence-corrected chi connectivity index (χ1v) is 4.09. The predicted molar refractivity (Wildman–Crippen MR) is 50.9 cm³/mol. The number of carbonyl (C=O) groups excluding carboxylic acids is 1. The van der Waals surface area contributed by atoms with Crippen molar-refractivity contribution in [2.24, 2.45) is 0 Å². The fourth-order valence-corrected chi connectivity index (χ4v) is 1.20. The van der Waals surface area contributed by atoms with Crippen LogP contribution < -0.4 is 0 Å². The summed E-state index contributed by atoms with van der Waals surface area (Å²) in [7, 11) is 1.34. The van der Waals surface area contributed by atoms with Gasteiger partial charge in [0.2, 0.25) is 0 Å². The summed E-state index contributed by atoms with van der Waals surface area (Å²) >= 11 is 0. The van der Waals surface area contributed by atoms with Gasteiger partial charge in [-0.05, 0) is 12.1 Å². The zero-order chi connectivity index (χ0) is 9.97. The van der Waals surface area contributed by atoms with Gasteiger partial charge in [0.05, 0.1) is 18.2 Å². The molecule has 0 amide bonds. The van der Waals surface area contributed by atoms with Crippen LogP contribution in [0.15, 0.2) is 30.7 Å². The number of carbonyl (C=O) groups is 1. The molecule has 0 atom stereocenters. The Hall–Kier alpha value is -1.97. The van der Waals surface area contributed by atoms with E-state index in [1.807, 2.05) is 0 Å². The lowest BCUT2D eigenvalue weighted by Crippen LogP contribution is -2.01. The molecule has 4 nitrogen and oxygen atoms in total. The molecular formula is C10H8N2O2. The van der Waals surface area contributed by atoms with Crippen molar-refractivity contribution in [2.75, 3.05) is 7.11 Å². The highest BCUT2D eigenvalue weighted by Crippen LogP contribution is 2.11. The van der Waals surface area contributed by atoms with E-state index in [2.05, 4.69) is 14.7 Å². The second kappa shape index (κ2) is 3.41. The number of aromatic nitrogens is 2. The van der Waals surface area contributed by atoms with Crippen LogP contribution in [-0.4, -0.2) is 23.0 Å². The van der Waals surface area contributed by atoms with Crippen molar-refractivity contribution in [1.82, 2.24) is 9.97 Å². The summed E-state index contributed by atoms with van der Waals surface area (Å²) in [5.41, 5.74) is 1.25. The molecular weight excluding hydrogens is 180 g/mol. The van der Waals surface area contributed by atoms with Gasteiger partial charge in [-0.3, -0.25) is 9.97 Å². The highest BCUT2D eigenvalue weighted by molar-refractivity contribution is 5.93. The maximum atomic E-state index is 11.2. The van der Waals surface area contributed by atoms with E-state index < -0.39 is 0 Å². The maximum absolute atomic E-state index is 11.2. The molecule has 0 N–H and O–H groups in total. The Bertz CT molecular complexity index is 482. The van der Waals surface area contributed by atoms with E-state index in [0.717, 1.165) is 10.9 Å². The van der Waals surface area contributed by atoms with Crippen LogP contribution in [0.4, 0.5) is 0 Å². The number of pyridine rings is 2. The quantitative estimate of drug-likeness (QED) is 0.635. The van der Waals surface area contributed by atoms with Gasteiger partial charge in [-0.2, -0.15) is 0 Å². The van der Waals surface area contributed by atoms with E-state index >= 15 is 0 Å². The van der Waals surface area contributed by atoms with Crippen molar-refractivity contribution in [3.63, 3.8) is 0 Å². The lowest BCUT2D eigenvalue weighted by Gasteiger charge is -1.99. The van der Waals surface area contributed by atoms with Crippen molar-refractivity contribution >= 4 is 16.9 Å². The standard InChI is InChI=1S/C10H8N2O2/c1-14-10(13)8-4-7-5-11-3-2-9(7)12-6-8/h2-6H,1H3. The molecule has 2 aromatic rings. The normalized spacial score (nSPS) is 10.1. The molecule has 0 saturated carbocycles. The van der Waals surface area contributed by atoms with Gasteiger partial charge >= 0.3 is 5.97 Å². The molecule has 0 saturated heterocycles. The molecule has 0 radical (unpaired) electrons. The average Bonchev–Trinajstić information content (AvgIpc) is 2.27. The first kappa shape index (κ1) is 8.62. The van der Waals surface area contributed by atoms with E-state index in [1.165, 1.54) is 13.3 Å². The molecule has 2 rings (SSSR count). The molecule has 14 heavy (non-hydrogen) atoms. The van der Waals surface area contributed by atoms with Crippen LogP contribution in [0.3, 0.4) is 0 Å². The highest BCUT2D eigenvalue weighted by atomic mass is 16.5. The van der Waals surface area contributed by atoms with Crippen molar-refractivity contribution in [3.05, 3.63) is 36.3 Å². The number of methoxy groups -OCH3 is 1. The van der Waals surface area contributed by atoms with Gasteiger partial charge < -0.3 is 4.74 Å². The molecule has 0 aliphatic heterocycles. The number of hydrogen-bond donors (Lipinski definition) is 0. The largest absolute Gasteiger partial charge is 0.465 e. The number of hydrogen-bond acceptors (Lipinski definition) is 4. The molecule has 4 heteroatoms. The molecule has 0 unspecified atom stereocenters. The first-order chi connectivity index (χ1) is 6.81. The van der Waals surface area contributed by atoms with Crippen LogP contribution in [0.1, 0.15) is 10.4 Å². The minimum absolute atomic E-state index is 0.386. The zero-order valence-electron chi connectivity index (χ0n) is 7.60. The molecule has 0 bridgehead atoms. The van der Waals surface area contributed by atoms with E-state index in [4.69, 9.17) is 0 Å². The number of nitrogens with zero attached hydrogens (tertiary/aromatic N) is 2. The third-order valence-corrected chi connectivity index (χ3v) is 1.90. The Morgan fingerprint density at radius 3 is 3.07 bits per heavy atom. The van der Waals surface area contributed by atoms with Crippen molar-refractivity contribution in [2.45, 2.75) is 0 Å². The lowest BCUT2D eigenvalue weighted by molar-refractivity contribution is 0.0600. The van der Waals surface area contributed by atoms with Gasteiger partial charge in [0.15, 0.2) is 0 Å². The molecule has 70 valence electrons. The fraction of sp³-hybridized carbons (Fsp3) is 0.100. The van der Waals surface area contributed by atoms with Gasteiger partial charge in [0.1, 0.15) is 0 Å². The van der Waals surface area contributed by atoms with Crippen LogP contribution in [0, 0.1) is 0 Å². The summed E-state index contributed by atoms with van der Waals surface area (Å²) in [6.07, 6.45) is 4.82. The van der Waals surface area contributed by atoms with E-state index in [1.54, 1.807) is 24.5 Å². The summed E-state index contributed by atoms with van der Waals surface area (Å²) in [5, 5.41) is 0.829. The highest BCUT2D eigenvalue weighted by Gasteiger charge is 2.06. The van der Waals surface area contributed by atoms with Crippen LogP contribution in [0.5, 0.6) is 0 Å². The smallest absolute Gasteiger partial charge is 0.339 e. The van der Waals surface area contributed by atoms with Crippen LogP contribution in [0.25, 0.3) is 10.9 Å². The first-order valence-electron chi connectivity index (χ1n) is 4.09. The fourth-order valence-electron chi connectivity index (χ4n) is 1.20. The van der Waals surface area contributed by atoms with Crippen LogP contribution in [0.2, 0.25) is 0 Å². The zero-order valence-corrected chi connectivity index (χ0v) is 7.60. The number of rotatable bonds is 1. The second-order valence-electron chi connectivity index (χ2n) is 2.78. The van der Waals surface area contributed by atoms with Crippen molar-refractivity contribution in [1.29, 1.82) is 0 Å². The van der Waals surface area contributed by atoms with Gasteiger partial charge in [0.25, 0.3) is 0 Å². The van der Waals surface area contributed by atoms with Gasteiger partial charge in [-0.15, -0.1) is 0 Å². The third-order valence-electron chi connectivity index (χ3n) is 1.90. The molecule has 0 aromatic carbocycles. The van der Waals surface area contributed by atoms with E-state index in [0.29, 0.717) is 5.56 Å². The predicted octanol–water partition coefficient (Wildman–Crippen LogP) is 1.42. The maximum Gasteiger partial charge on any atom is 0.339 e. The number of esters is 1. The lowest BCUT2D eigenvalue weighted by atomic mass is 10.2. The van der Waals surface area contributed by atoms with Crippen LogP contribution >= 0.6 is 0 Å². The summed E-state index contributed by atoms with van der Waals surface area (Å²) < 4.78 is 4.59. The molecule has 2 heterocycles. The summed E-state index contributed by atoms with van der Waals surface area (Å²) in [6, 6.07) is 3.50. The molecule has 0 aliphatic rings. The number of ether oxygens (including phenoxy) is 1. The Labute approximate surface area is 80.6 Å². The Morgan fingerprint density at radius 2 is 2.29 bits per heavy atom. The average molecular weight is 188 g/mol. The van der Waals surface area contributed by atoms with Crippen LogP contribution in [-0.2, 0) is 4.74 Å². The topological polar surface area (TPSA) is 52.1 Å². The second-order valence-corrected chi connectivity index (χ2v) is 2.78. The van der Waals surface area contributed by atoms with Crippen molar-refractivity contribution < 1.29 is 9.53 Å². The molecule has 0 fully saturated rings. The van der Waals surface area contributed by atoms with E-state index in [9.17, 15) is 4.79 Å². The summed E-state index contributed by atoms with van der Waals surface area (Å²) in [4.78, 5) is 19.2. The number of fused-ring (bicyclic) bond motifs is 1. The Kier molecular flexibility index (Phi) is 2.10. The molecule has 2 aromatic heterocycles. The van der Waals surface area contributed by atoms with Gasteiger partial charge in [-0.1, -0.05) is 0 Å².